The summed E-state index contributed by atoms with van der Waals surface area (Å²) in [4.78, 5) is 4.31. The van der Waals surface area contributed by atoms with Crippen LogP contribution in [0.3, 0.4) is 0 Å². The molecule has 0 unspecified atom stereocenters. The third kappa shape index (κ3) is 3.89. The van der Waals surface area contributed by atoms with Crippen molar-refractivity contribution in [1.82, 2.24) is 8.96 Å². The van der Waals surface area contributed by atoms with Gasteiger partial charge in [-0.05, 0) is 12.1 Å². The third-order valence-electron chi connectivity index (χ3n) is 2.29. The van der Waals surface area contributed by atoms with Crippen LogP contribution < -0.4 is 4.57 Å². The summed E-state index contributed by atoms with van der Waals surface area (Å²) >= 11 is 1.69. The zero-order valence-corrected chi connectivity index (χ0v) is 11.7. The van der Waals surface area contributed by atoms with Gasteiger partial charge in [-0.25, -0.2) is 4.57 Å². The fraction of sp³-hybridized carbons (Fsp3) is 0.385. The Morgan fingerprint density at radius 2 is 2.12 bits per heavy atom. The summed E-state index contributed by atoms with van der Waals surface area (Å²) in [6.07, 6.45) is 8.10. The summed E-state index contributed by atoms with van der Waals surface area (Å²) in [6, 6.07) is 6.00. The molecule has 4 heteroatoms. The molecule has 0 atom stereocenters. The molecule has 0 saturated heterocycles. The summed E-state index contributed by atoms with van der Waals surface area (Å²) in [6.45, 7) is 6.94. The molecule has 17 heavy (non-hydrogen) atoms. The average molecular weight is 250 g/mol. The van der Waals surface area contributed by atoms with Gasteiger partial charge in [0.15, 0.2) is 0 Å². The fourth-order valence-electron chi connectivity index (χ4n) is 1.45. The minimum Gasteiger partial charge on any atom is -0.257 e. The van der Waals surface area contributed by atoms with Crippen LogP contribution in [0.25, 0.3) is 0 Å². The Bertz CT molecular complexity index is 437. The number of hydrogen-bond donors (Lipinski definition) is 0. The zero-order chi connectivity index (χ0) is 12.7. The van der Waals surface area contributed by atoms with Gasteiger partial charge in [0, 0.05) is 19.4 Å². The van der Waals surface area contributed by atoms with Crippen LogP contribution >= 0.6 is 11.9 Å². The molecule has 0 bridgehead atoms. The highest BCUT2D eigenvalue weighted by Gasteiger charge is 2.09. The van der Waals surface area contributed by atoms with E-state index < -0.39 is 0 Å². The molecule has 3 nitrogen and oxygen atoms in total. The van der Waals surface area contributed by atoms with Gasteiger partial charge >= 0.3 is 0 Å². The van der Waals surface area contributed by atoms with E-state index in [1.54, 1.807) is 11.9 Å². The smallest absolute Gasteiger partial charge is 0.256 e. The first-order valence-electron chi connectivity index (χ1n) is 5.82. The van der Waals surface area contributed by atoms with Crippen molar-refractivity contribution in [3.63, 3.8) is 0 Å². The molecule has 92 valence electrons. The van der Waals surface area contributed by atoms with Gasteiger partial charge < -0.3 is 0 Å². The maximum atomic E-state index is 4.31. The van der Waals surface area contributed by atoms with Crippen molar-refractivity contribution in [3.05, 3.63) is 48.3 Å². The molecule has 0 aliphatic carbocycles. The van der Waals surface area contributed by atoms with E-state index in [2.05, 4.69) is 39.2 Å². The Kier molecular flexibility index (Phi) is 5.77. The summed E-state index contributed by atoms with van der Waals surface area (Å²) < 4.78 is 4.29. The van der Waals surface area contributed by atoms with E-state index >= 15 is 0 Å². The van der Waals surface area contributed by atoms with E-state index in [-0.39, 0.29) is 0 Å². The number of aryl methyl sites for hydroxylation is 1. The van der Waals surface area contributed by atoms with Crippen LogP contribution in [0.5, 0.6) is 0 Å². The van der Waals surface area contributed by atoms with Gasteiger partial charge in [0.25, 0.3) is 6.33 Å². The molecule has 2 aromatic rings. The minimum absolute atomic E-state index is 0.834. The molecule has 0 radical (unpaired) electrons. The van der Waals surface area contributed by atoms with Gasteiger partial charge in [0.1, 0.15) is 18.4 Å². The topological polar surface area (TPSA) is 21.7 Å². The normalized spacial score (nSPS) is 9.65. The van der Waals surface area contributed by atoms with Crippen molar-refractivity contribution < 1.29 is 4.57 Å². The molecule has 2 rings (SSSR count). The van der Waals surface area contributed by atoms with Gasteiger partial charge in [-0.1, -0.05) is 19.9 Å². The summed E-state index contributed by atoms with van der Waals surface area (Å²) in [7, 11) is 0. The lowest BCUT2D eigenvalue weighted by molar-refractivity contribution is -0.693. The largest absolute Gasteiger partial charge is 0.257 e. The van der Waals surface area contributed by atoms with Crippen molar-refractivity contribution in [2.45, 2.75) is 27.3 Å². The standard InChI is InChI=1S/C11H14N3S.C2H6/c1-10-7-14(15-2)9-13(10)8-11-5-3-4-6-12-11;1-2/h3-7,9H,8H2,1-2H3;1-2H3/q+1;. The van der Waals surface area contributed by atoms with Crippen molar-refractivity contribution in [3.8, 4) is 0 Å². The molecular formula is C13H20N3S+. The molecular weight excluding hydrogens is 230 g/mol. The maximum absolute atomic E-state index is 4.31. The van der Waals surface area contributed by atoms with Gasteiger partial charge in [0.05, 0.1) is 17.6 Å². The van der Waals surface area contributed by atoms with Crippen molar-refractivity contribution in [2.75, 3.05) is 6.26 Å². The Balaban J connectivity index is 0.000000686. The molecule has 0 fully saturated rings. The van der Waals surface area contributed by atoms with E-state index in [9.17, 15) is 0 Å². The molecule has 0 spiro atoms. The highest BCUT2D eigenvalue weighted by molar-refractivity contribution is 7.97. The first kappa shape index (κ1) is 13.8. The Morgan fingerprint density at radius 1 is 1.35 bits per heavy atom. The van der Waals surface area contributed by atoms with Gasteiger partial charge in [0.2, 0.25) is 0 Å². The molecule has 0 aromatic carbocycles. The Morgan fingerprint density at radius 3 is 2.65 bits per heavy atom. The van der Waals surface area contributed by atoms with Crippen molar-refractivity contribution in [1.29, 1.82) is 0 Å². The summed E-state index contributed by atoms with van der Waals surface area (Å²) in [5.74, 6) is 0. The lowest BCUT2D eigenvalue weighted by Gasteiger charge is -1.97. The van der Waals surface area contributed by atoms with E-state index in [1.807, 2.05) is 38.2 Å². The van der Waals surface area contributed by atoms with E-state index in [0.717, 1.165) is 12.2 Å². The molecule has 0 amide bonds. The lowest BCUT2D eigenvalue weighted by Crippen LogP contribution is -2.35. The van der Waals surface area contributed by atoms with Gasteiger partial charge in [-0.15, -0.1) is 0 Å². The fourth-order valence-corrected chi connectivity index (χ4v) is 1.92. The van der Waals surface area contributed by atoms with Crippen molar-refractivity contribution in [2.24, 2.45) is 0 Å². The zero-order valence-electron chi connectivity index (χ0n) is 10.9. The Hall–Kier alpha value is -1.29. The van der Waals surface area contributed by atoms with E-state index in [4.69, 9.17) is 0 Å². The second-order valence-electron chi connectivity index (χ2n) is 3.38. The maximum Gasteiger partial charge on any atom is 0.256 e. The minimum atomic E-state index is 0.834. The highest BCUT2D eigenvalue weighted by Crippen LogP contribution is 2.02. The predicted molar refractivity (Wildman–Crippen MR) is 73.0 cm³/mol. The second kappa shape index (κ2) is 7.12. The molecule has 0 saturated carbocycles. The first-order valence-corrected chi connectivity index (χ1v) is 7.00. The second-order valence-corrected chi connectivity index (χ2v) is 4.16. The number of pyridine rings is 1. The average Bonchev–Trinajstić information content (AvgIpc) is 2.74. The number of hydrogen-bond acceptors (Lipinski definition) is 2. The van der Waals surface area contributed by atoms with Crippen LogP contribution in [0.4, 0.5) is 0 Å². The predicted octanol–water partition coefficient (Wildman–Crippen LogP) is 2.68. The number of aromatic nitrogens is 3. The van der Waals surface area contributed by atoms with Crippen LogP contribution in [-0.2, 0) is 6.54 Å². The highest BCUT2D eigenvalue weighted by atomic mass is 32.2. The quantitative estimate of drug-likeness (QED) is 0.781. The van der Waals surface area contributed by atoms with Crippen molar-refractivity contribution >= 4 is 11.9 Å². The van der Waals surface area contributed by atoms with E-state index in [0.29, 0.717) is 0 Å². The van der Waals surface area contributed by atoms with Gasteiger partial charge in [-0.3, -0.25) is 4.98 Å². The lowest BCUT2D eigenvalue weighted by atomic mass is 10.3. The Labute approximate surface area is 108 Å². The number of nitrogens with zero attached hydrogens (tertiary/aromatic N) is 3. The summed E-state index contributed by atoms with van der Waals surface area (Å²) in [5.41, 5.74) is 2.33. The van der Waals surface area contributed by atoms with Crippen LogP contribution in [-0.4, -0.2) is 15.2 Å². The number of rotatable bonds is 3. The van der Waals surface area contributed by atoms with Crippen LogP contribution in [0.15, 0.2) is 36.9 Å². The molecule has 0 N–H and O–H groups in total. The first-order chi connectivity index (χ1) is 8.29. The molecule has 0 aliphatic heterocycles. The van der Waals surface area contributed by atoms with Crippen LogP contribution in [0.1, 0.15) is 25.2 Å². The number of imidazole rings is 1. The third-order valence-corrected chi connectivity index (χ3v) is 2.91. The van der Waals surface area contributed by atoms with Crippen LogP contribution in [0, 0.1) is 6.92 Å². The molecule has 2 heterocycles. The summed E-state index contributed by atoms with van der Waals surface area (Å²) in [5, 5.41) is 0. The van der Waals surface area contributed by atoms with E-state index in [1.165, 1.54) is 5.69 Å². The monoisotopic (exact) mass is 250 g/mol. The van der Waals surface area contributed by atoms with Crippen LogP contribution in [0.2, 0.25) is 0 Å². The molecule has 0 aliphatic rings. The van der Waals surface area contributed by atoms with Gasteiger partial charge in [-0.2, -0.15) is 3.97 Å². The molecule has 2 aromatic heterocycles. The SMILES string of the molecule is CC.CSn1cc(C)[n+](Cc2ccccn2)c1.